The van der Waals surface area contributed by atoms with Gasteiger partial charge in [0.1, 0.15) is 32.9 Å². The summed E-state index contributed by atoms with van der Waals surface area (Å²) in [4.78, 5) is 49.3. The van der Waals surface area contributed by atoms with Crippen molar-refractivity contribution in [1.82, 2.24) is 20.0 Å². The van der Waals surface area contributed by atoms with Crippen LogP contribution in [0.4, 0.5) is 24.6 Å². The van der Waals surface area contributed by atoms with Gasteiger partial charge in [-0.25, -0.2) is 28.7 Å². The van der Waals surface area contributed by atoms with Crippen LogP contribution in [-0.2, 0) is 20.8 Å². The highest BCUT2D eigenvalue weighted by atomic mass is 79.9. The molecule has 0 bridgehead atoms. The van der Waals surface area contributed by atoms with E-state index in [-0.39, 0.29) is 39.7 Å². The maximum Gasteiger partial charge on any atom is 0.425 e. The van der Waals surface area contributed by atoms with Crippen molar-refractivity contribution in [3.63, 3.8) is 0 Å². The van der Waals surface area contributed by atoms with Crippen molar-refractivity contribution in [2.75, 3.05) is 11.9 Å². The minimum absolute atomic E-state index is 0.0194. The Morgan fingerprint density at radius 1 is 0.886 bits per heavy atom. The molecule has 2 aromatic heterocycles. The van der Waals surface area contributed by atoms with Gasteiger partial charge in [-0.3, -0.25) is 0 Å². The van der Waals surface area contributed by atoms with Gasteiger partial charge >= 0.3 is 18.3 Å². The molecule has 0 N–H and O–H groups in total. The molecular formula is C30H37BrFN5O7. The van der Waals surface area contributed by atoms with Crippen LogP contribution < -0.4 is 4.90 Å². The molecular weight excluding hydrogens is 641 g/mol. The van der Waals surface area contributed by atoms with Gasteiger partial charge in [0.15, 0.2) is 17.3 Å². The molecule has 44 heavy (non-hydrogen) atoms. The maximum atomic E-state index is 15.3. The first-order valence-corrected chi connectivity index (χ1v) is 14.4. The summed E-state index contributed by atoms with van der Waals surface area (Å²) in [5.74, 6) is -0.890. The maximum absolute atomic E-state index is 15.3. The van der Waals surface area contributed by atoms with Crippen LogP contribution in [0.3, 0.4) is 0 Å². The van der Waals surface area contributed by atoms with Crippen LogP contribution in [0.25, 0.3) is 22.7 Å². The lowest BCUT2D eigenvalue weighted by Gasteiger charge is -2.28. The number of amides is 3. The second-order valence-corrected chi connectivity index (χ2v) is 13.7. The molecule has 0 saturated carbocycles. The summed E-state index contributed by atoms with van der Waals surface area (Å²) in [5, 5.41) is 3.99. The fourth-order valence-electron chi connectivity index (χ4n) is 3.61. The summed E-state index contributed by atoms with van der Waals surface area (Å²) in [7, 11) is 1.55. The zero-order valence-electron chi connectivity index (χ0n) is 26.4. The number of nitrogens with zero attached hydrogens (tertiary/aromatic N) is 5. The molecule has 0 aliphatic carbocycles. The third kappa shape index (κ3) is 9.46. The summed E-state index contributed by atoms with van der Waals surface area (Å²) in [5.41, 5.74) is -1.90. The number of ether oxygens (including phenoxy) is 3. The first-order chi connectivity index (χ1) is 20.1. The predicted molar refractivity (Wildman–Crippen MR) is 163 cm³/mol. The normalized spacial score (nSPS) is 12.0. The first-order valence-electron chi connectivity index (χ1n) is 13.6. The van der Waals surface area contributed by atoms with E-state index in [9.17, 15) is 14.4 Å². The summed E-state index contributed by atoms with van der Waals surface area (Å²) in [6.07, 6.45) is -1.37. The topological polar surface area (TPSA) is 137 Å². The fraction of sp³-hybridized carbons (Fsp3) is 0.467. The molecule has 0 fully saturated rings. The van der Waals surface area contributed by atoms with Crippen LogP contribution in [0, 0.1) is 5.82 Å². The smallest absolute Gasteiger partial charge is 0.425 e. The van der Waals surface area contributed by atoms with E-state index in [1.165, 1.54) is 29.3 Å². The van der Waals surface area contributed by atoms with Crippen LogP contribution in [0.5, 0.6) is 0 Å². The second-order valence-electron chi connectivity index (χ2n) is 12.9. The molecule has 0 unspecified atom stereocenters. The van der Waals surface area contributed by atoms with Crippen molar-refractivity contribution in [2.24, 2.45) is 0 Å². The largest absolute Gasteiger partial charge is 0.444 e. The lowest BCUT2D eigenvalue weighted by atomic mass is 10.1. The number of carbonyl (C=O) groups is 3. The van der Waals surface area contributed by atoms with Gasteiger partial charge in [0.25, 0.3) is 0 Å². The Balaban J connectivity index is 1.98. The summed E-state index contributed by atoms with van der Waals surface area (Å²) in [6.45, 7) is 15.2. The Morgan fingerprint density at radius 3 is 1.95 bits per heavy atom. The molecule has 0 spiro atoms. The quantitative estimate of drug-likeness (QED) is 0.246. The molecule has 0 radical (unpaired) electrons. The number of benzene rings is 1. The predicted octanol–water partition coefficient (Wildman–Crippen LogP) is 7.74. The Kier molecular flexibility index (Phi) is 10.1. The molecule has 14 heteroatoms. The van der Waals surface area contributed by atoms with Crippen molar-refractivity contribution in [2.45, 2.75) is 85.7 Å². The minimum atomic E-state index is -1.05. The number of anilines is 1. The van der Waals surface area contributed by atoms with Gasteiger partial charge in [0.2, 0.25) is 0 Å². The van der Waals surface area contributed by atoms with Crippen molar-refractivity contribution in [3.05, 3.63) is 46.4 Å². The zero-order chi connectivity index (χ0) is 33.2. The van der Waals surface area contributed by atoms with Crippen LogP contribution in [0.15, 0.2) is 39.6 Å². The Morgan fingerprint density at radius 2 is 1.43 bits per heavy atom. The lowest BCUT2D eigenvalue weighted by Crippen LogP contribution is -2.44. The van der Waals surface area contributed by atoms with Gasteiger partial charge in [-0.05, 0) is 95.9 Å². The Bertz CT molecular complexity index is 1510. The number of hydrogen-bond acceptors (Lipinski definition) is 10. The fourth-order valence-corrected chi connectivity index (χ4v) is 3.89. The standard InChI is InChI=1S/C30H37BrFN5O7/c1-28(2,3)41-25(38)36(10)16-17-11-12-18(19(32)13-17)20-14-21(44-35-20)23-24(33-15-22(31)34-23)37(26(39)42-29(4,5)6)27(40)43-30(7,8)9/h11-15H,16H2,1-10H3. The summed E-state index contributed by atoms with van der Waals surface area (Å²) in [6, 6.07) is 5.82. The van der Waals surface area contributed by atoms with Gasteiger partial charge in [-0.2, -0.15) is 4.90 Å². The number of aromatic nitrogens is 3. The van der Waals surface area contributed by atoms with Gasteiger partial charge < -0.3 is 23.6 Å². The molecule has 3 aromatic rings. The minimum Gasteiger partial charge on any atom is -0.444 e. The van der Waals surface area contributed by atoms with Crippen LogP contribution in [-0.4, -0.2) is 62.2 Å². The SMILES string of the molecule is CN(Cc1ccc(-c2cc(-c3nc(Br)cnc3N(C(=O)OC(C)(C)C)C(=O)OC(C)(C)C)on2)c(F)c1)C(=O)OC(C)(C)C. The molecule has 0 aliphatic rings. The summed E-state index contributed by atoms with van der Waals surface area (Å²) < 4.78 is 37.3. The van der Waals surface area contributed by atoms with Crippen LogP contribution >= 0.6 is 15.9 Å². The lowest BCUT2D eigenvalue weighted by molar-refractivity contribution is 0.0283. The molecule has 238 valence electrons. The molecule has 0 aliphatic heterocycles. The van der Waals surface area contributed by atoms with E-state index in [1.807, 2.05) is 0 Å². The Hall–Kier alpha value is -4.07. The Labute approximate surface area is 264 Å². The molecule has 3 rings (SSSR count). The highest BCUT2D eigenvalue weighted by Crippen LogP contribution is 2.34. The van der Waals surface area contributed by atoms with E-state index in [1.54, 1.807) is 75.4 Å². The van der Waals surface area contributed by atoms with Gasteiger partial charge in [0.05, 0.1) is 6.20 Å². The molecule has 3 amide bonds. The first kappa shape index (κ1) is 34.4. The van der Waals surface area contributed by atoms with Gasteiger partial charge in [-0.1, -0.05) is 11.2 Å². The number of halogens is 2. The molecule has 12 nitrogen and oxygen atoms in total. The average Bonchev–Trinajstić information content (AvgIpc) is 3.31. The zero-order valence-corrected chi connectivity index (χ0v) is 28.0. The molecule has 0 saturated heterocycles. The van der Waals surface area contributed by atoms with Crippen molar-refractivity contribution >= 4 is 40.0 Å². The third-order valence-electron chi connectivity index (χ3n) is 5.27. The van der Waals surface area contributed by atoms with Crippen molar-refractivity contribution in [3.8, 4) is 22.7 Å². The van der Waals surface area contributed by atoms with E-state index in [4.69, 9.17) is 18.7 Å². The molecule has 0 atom stereocenters. The molecule has 1 aromatic carbocycles. The van der Waals surface area contributed by atoms with E-state index < -0.39 is 40.9 Å². The summed E-state index contributed by atoms with van der Waals surface area (Å²) >= 11 is 3.25. The van der Waals surface area contributed by atoms with E-state index in [2.05, 4.69) is 31.1 Å². The van der Waals surface area contributed by atoms with E-state index in [0.717, 1.165) is 0 Å². The average molecular weight is 679 g/mol. The van der Waals surface area contributed by atoms with Crippen molar-refractivity contribution < 1.29 is 37.5 Å². The highest BCUT2D eigenvalue weighted by molar-refractivity contribution is 9.10. The van der Waals surface area contributed by atoms with Crippen molar-refractivity contribution in [1.29, 1.82) is 0 Å². The number of rotatable bonds is 5. The van der Waals surface area contributed by atoms with Gasteiger partial charge in [-0.15, -0.1) is 0 Å². The van der Waals surface area contributed by atoms with E-state index >= 15 is 4.39 Å². The van der Waals surface area contributed by atoms with Gasteiger partial charge in [0, 0.05) is 25.2 Å². The van der Waals surface area contributed by atoms with Crippen LogP contribution in [0.2, 0.25) is 0 Å². The third-order valence-corrected chi connectivity index (χ3v) is 5.65. The van der Waals surface area contributed by atoms with E-state index in [0.29, 0.717) is 10.5 Å². The number of hydrogen-bond donors (Lipinski definition) is 0. The monoisotopic (exact) mass is 677 g/mol. The highest BCUT2D eigenvalue weighted by Gasteiger charge is 2.36. The second kappa shape index (κ2) is 12.9. The number of imide groups is 1. The molecule has 2 heterocycles. The number of carbonyl (C=O) groups excluding carboxylic acids is 3. The van der Waals surface area contributed by atoms with Crippen LogP contribution in [0.1, 0.15) is 67.9 Å².